The van der Waals surface area contributed by atoms with E-state index in [4.69, 9.17) is 16.7 Å². The highest BCUT2D eigenvalue weighted by Crippen LogP contribution is 2.32. The lowest BCUT2D eigenvalue weighted by Gasteiger charge is -2.16. The molecule has 29 heavy (non-hydrogen) atoms. The third kappa shape index (κ3) is 3.89. The second-order valence-corrected chi connectivity index (χ2v) is 8.71. The molecule has 1 saturated heterocycles. The van der Waals surface area contributed by atoms with Crippen molar-refractivity contribution >= 4 is 50.8 Å². The van der Waals surface area contributed by atoms with Gasteiger partial charge in [-0.25, -0.2) is 17.5 Å². The maximum absolute atomic E-state index is 12.4. The van der Waals surface area contributed by atoms with Gasteiger partial charge in [-0.05, 0) is 30.3 Å². The van der Waals surface area contributed by atoms with Crippen LogP contribution in [-0.4, -0.2) is 42.2 Å². The van der Waals surface area contributed by atoms with Crippen molar-refractivity contribution in [3.05, 3.63) is 52.5 Å². The Kier molecular flexibility index (Phi) is 5.24. The largest absolute Gasteiger partial charge is 0.507 e. The molecule has 3 N–H and O–H groups in total. The number of aromatic hydroxyl groups is 1. The van der Waals surface area contributed by atoms with Crippen molar-refractivity contribution in [1.29, 1.82) is 0 Å². The number of aromatic carboxylic acids is 1. The number of anilines is 2. The van der Waals surface area contributed by atoms with E-state index >= 15 is 0 Å². The van der Waals surface area contributed by atoms with Crippen LogP contribution in [0.3, 0.4) is 0 Å². The maximum Gasteiger partial charge on any atom is 0.339 e. The van der Waals surface area contributed by atoms with Gasteiger partial charge in [-0.2, -0.15) is 0 Å². The number of carboxylic acid groups (broad SMARTS) is 1. The van der Waals surface area contributed by atoms with Crippen LogP contribution in [-0.2, 0) is 14.8 Å². The highest BCUT2D eigenvalue weighted by Gasteiger charge is 2.42. The standard InChI is InChI=1S/C18H15ClN2O7S/c1-9-8-29(27,28)21(17(9)24)11-3-5-12(14(19)7-11)16(23)20-10-2-4-13(18(25)26)15(22)6-10/h2-7,9,22H,8H2,1H3,(H,20,23)(H,25,26)/t9-/m0/s1. The molecule has 0 aliphatic carbocycles. The highest BCUT2D eigenvalue weighted by atomic mass is 35.5. The van der Waals surface area contributed by atoms with Gasteiger partial charge in [-0.1, -0.05) is 18.5 Å². The Labute approximate surface area is 170 Å². The van der Waals surface area contributed by atoms with Crippen LogP contribution in [0.5, 0.6) is 5.75 Å². The molecule has 0 bridgehead atoms. The number of halogens is 1. The number of carbonyl (C=O) groups excluding carboxylic acids is 2. The predicted octanol–water partition coefficient (Wildman–Crippen LogP) is 2.31. The molecule has 1 heterocycles. The highest BCUT2D eigenvalue weighted by molar-refractivity contribution is 7.94. The Balaban J connectivity index is 1.85. The van der Waals surface area contributed by atoms with Crippen LogP contribution < -0.4 is 9.62 Å². The fourth-order valence-corrected chi connectivity index (χ4v) is 4.96. The smallest absolute Gasteiger partial charge is 0.339 e. The van der Waals surface area contributed by atoms with E-state index in [0.717, 1.165) is 12.1 Å². The summed E-state index contributed by atoms with van der Waals surface area (Å²) in [5.74, 6) is -4.08. The molecule has 0 radical (unpaired) electrons. The van der Waals surface area contributed by atoms with E-state index in [1.54, 1.807) is 0 Å². The van der Waals surface area contributed by atoms with Crippen LogP contribution in [0.1, 0.15) is 27.6 Å². The van der Waals surface area contributed by atoms with Gasteiger partial charge >= 0.3 is 5.97 Å². The third-order valence-corrected chi connectivity index (χ3v) is 6.46. The molecule has 11 heteroatoms. The molecule has 0 aromatic heterocycles. The van der Waals surface area contributed by atoms with Gasteiger partial charge in [-0.15, -0.1) is 0 Å². The van der Waals surface area contributed by atoms with E-state index in [0.29, 0.717) is 4.31 Å². The first-order valence-electron chi connectivity index (χ1n) is 8.25. The molecular formula is C18H15ClN2O7S. The van der Waals surface area contributed by atoms with E-state index < -0.39 is 39.5 Å². The molecule has 1 aliphatic rings. The summed E-state index contributed by atoms with van der Waals surface area (Å²) in [5, 5.41) is 21.0. The maximum atomic E-state index is 12.4. The van der Waals surface area contributed by atoms with Crippen molar-refractivity contribution in [3.8, 4) is 5.75 Å². The lowest BCUT2D eigenvalue weighted by molar-refractivity contribution is -0.119. The van der Waals surface area contributed by atoms with Crippen LogP contribution in [0, 0.1) is 5.92 Å². The van der Waals surface area contributed by atoms with Gasteiger partial charge in [0.1, 0.15) is 11.3 Å². The zero-order valence-corrected chi connectivity index (χ0v) is 16.5. The summed E-state index contributed by atoms with van der Waals surface area (Å²) in [4.78, 5) is 35.5. The first-order valence-corrected chi connectivity index (χ1v) is 10.2. The molecule has 0 saturated carbocycles. The number of amides is 2. The topological polar surface area (TPSA) is 141 Å². The predicted molar refractivity (Wildman–Crippen MR) is 105 cm³/mol. The number of nitrogens with one attached hydrogen (secondary N) is 1. The molecule has 0 spiro atoms. The van der Waals surface area contributed by atoms with E-state index in [1.807, 2.05) is 0 Å². The summed E-state index contributed by atoms with van der Waals surface area (Å²) >= 11 is 6.12. The number of rotatable bonds is 4. The fourth-order valence-electron chi connectivity index (χ4n) is 2.89. The Morgan fingerprint density at radius 2 is 1.83 bits per heavy atom. The number of carbonyl (C=O) groups is 3. The Hall–Kier alpha value is -3.11. The molecular weight excluding hydrogens is 424 g/mol. The zero-order chi connectivity index (χ0) is 21.5. The van der Waals surface area contributed by atoms with Gasteiger partial charge < -0.3 is 15.5 Å². The molecule has 152 valence electrons. The van der Waals surface area contributed by atoms with Gasteiger partial charge in [0.15, 0.2) is 0 Å². The molecule has 3 rings (SSSR count). The second kappa shape index (κ2) is 7.37. The van der Waals surface area contributed by atoms with Crippen LogP contribution in [0.2, 0.25) is 5.02 Å². The minimum Gasteiger partial charge on any atom is -0.507 e. The van der Waals surface area contributed by atoms with Crippen LogP contribution >= 0.6 is 11.6 Å². The van der Waals surface area contributed by atoms with E-state index in [9.17, 15) is 27.9 Å². The van der Waals surface area contributed by atoms with Gasteiger partial charge in [0.05, 0.1) is 27.9 Å². The molecule has 1 fully saturated rings. The number of nitrogens with zero attached hydrogens (tertiary/aromatic N) is 1. The van der Waals surface area contributed by atoms with Crippen LogP contribution in [0.25, 0.3) is 0 Å². The summed E-state index contributed by atoms with van der Waals surface area (Å²) in [5.41, 5.74) is -0.168. The van der Waals surface area contributed by atoms with Crippen molar-refractivity contribution < 1.29 is 33.0 Å². The number of sulfonamides is 1. The number of hydrogen-bond acceptors (Lipinski definition) is 6. The summed E-state index contributed by atoms with van der Waals surface area (Å²) < 4.78 is 25.0. The summed E-state index contributed by atoms with van der Waals surface area (Å²) in [6.07, 6.45) is 0. The van der Waals surface area contributed by atoms with Crippen LogP contribution in [0.4, 0.5) is 11.4 Å². The molecule has 1 aliphatic heterocycles. The molecule has 1 atom stereocenters. The minimum absolute atomic E-state index is 0.00527. The number of phenols is 1. The summed E-state index contributed by atoms with van der Waals surface area (Å²) in [6, 6.07) is 7.25. The van der Waals surface area contributed by atoms with Crippen molar-refractivity contribution in [1.82, 2.24) is 0 Å². The SMILES string of the molecule is C[C@H]1CS(=O)(=O)N(c2ccc(C(=O)Nc3ccc(C(=O)O)c(O)c3)c(Cl)c2)C1=O. The Morgan fingerprint density at radius 1 is 1.17 bits per heavy atom. The zero-order valence-electron chi connectivity index (χ0n) is 14.9. The van der Waals surface area contributed by atoms with Gasteiger partial charge in [0.2, 0.25) is 15.9 Å². The molecule has 9 nitrogen and oxygen atoms in total. The van der Waals surface area contributed by atoms with Crippen LogP contribution in [0.15, 0.2) is 36.4 Å². The summed E-state index contributed by atoms with van der Waals surface area (Å²) in [7, 11) is -3.80. The average Bonchev–Trinajstić information content (AvgIpc) is 2.81. The molecule has 0 unspecified atom stereocenters. The van der Waals surface area contributed by atoms with Gasteiger partial charge in [0.25, 0.3) is 5.91 Å². The van der Waals surface area contributed by atoms with Gasteiger partial charge in [0, 0.05) is 11.8 Å². The number of hydrogen-bond donors (Lipinski definition) is 3. The minimum atomic E-state index is -3.80. The summed E-state index contributed by atoms with van der Waals surface area (Å²) in [6.45, 7) is 1.51. The lowest BCUT2D eigenvalue weighted by atomic mass is 10.1. The van der Waals surface area contributed by atoms with E-state index in [2.05, 4.69) is 5.32 Å². The molecule has 2 aromatic carbocycles. The average molecular weight is 439 g/mol. The normalized spacial score (nSPS) is 17.9. The molecule has 2 aromatic rings. The van der Waals surface area contributed by atoms with Crippen molar-refractivity contribution in [3.63, 3.8) is 0 Å². The first-order chi connectivity index (χ1) is 13.5. The fraction of sp³-hybridized carbons (Fsp3) is 0.167. The van der Waals surface area contributed by atoms with Crippen molar-refractivity contribution in [2.45, 2.75) is 6.92 Å². The number of benzene rings is 2. The van der Waals surface area contributed by atoms with Crippen molar-refractivity contribution in [2.75, 3.05) is 15.4 Å². The van der Waals surface area contributed by atoms with Crippen molar-refractivity contribution in [2.24, 2.45) is 5.92 Å². The lowest BCUT2D eigenvalue weighted by Crippen LogP contribution is -2.30. The van der Waals surface area contributed by atoms with E-state index in [-0.39, 0.29) is 33.3 Å². The Bertz CT molecular complexity index is 1150. The van der Waals surface area contributed by atoms with E-state index in [1.165, 1.54) is 31.2 Å². The monoisotopic (exact) mass is 438 g/mol. The third-order valence-electron chi connectivity index (χ3n) is 4.28. The number of carboxylic acids is 1. The quantitative estimate of drug-likeness (QED) is 0.664. The second-order valence-electron chi connectivity index (χ2n) is 6.44. The first kappa shape index (κ1) is 20.6. The molecule has 2 amide bonds. The Morgan fingerprint density at radius 3 is 2.34 bits per heavy atom. The van der Waals surface area contributed by atoms with Gasteiger partial charge in [-0.3, -0.25) is 9.59 Å².